The van der Waals surface area contributed by atoms with Gasteiger partial charge in [0.1, 0.15) is 22.8 Å². The van der Waals surface area contributed by atoms with Crippen molar-refractivity contribution in [1.29, 1.82) is 0 Å². The van der Waals surface area contributed by atoms with Crippen molar-refractivity contribution in [2.24, 2.45) is 10.1 Å². The monoisotopic (exact) mass is 817 g/mol. The van der Waals surface area contributed by atoms with Crippen LogP contribution in [-0.2, 0) is 33.8 Å². The first-order chi connectivity index (χ1) is 24.7. The second-order valence-corrected chi connectivity index (χ2v) is 15.9. The van der Waals surface area contributed by atoms with E-state index in [1.807, 2.05) is 0 Å². The molecule has 1 saturated heterocycles. The number of nitrogen functional groups attached to an aromatic ring is 1. The number of thioether (sulfide) groups is 2. The number of fused-ring (bicyclic) bond motifs is 2. The van der Waals surface area contributed by atoms with Crippen LogP contribution in [0.2, 0.25) is 0 Å². The van der Waals surface area contributed by atoms with Gasteiger partial charge in [-0.1, -0.05) is 5.16 Å². The van der Waals surface area contributed by atoms with E-state index in [1.165, 1.54) is 47.2 Å². The summed E-state index contributed by atoms with van der Waals surface area (Å²) in [7, 11) is -3.00. The first-order valence-electron chi connectivity index (χ1n) is 14.6. The van der Waals surface area contributed by atoms with Gasteiger partial charge >= 0.3 is 41.6 Å². The molecule has 1 aromatic carbocycles. The average molecular weight is 818 g/mol. The minimum atomic E-state index is -4.22. The summed E-state index contributed by atoms with van der Waals surface area (Å²) in [6.45, 7) is 1.76. The molecule has 0 saturated carbocycles. The third-order valence-electron chi connectivity index (χ3n) is 7.48. The van der Waals surface area contributed by atoms with Gasteiger partial charge < -0.3 is 37.4 Å². The maximum absolute atomic E-state index is 13.5. The molecule has 4 aliphatic rings. The maximum Gasteiger partial charge on any atom is 1.00 e. The van der Waals surface area contributed by atoms with E-state index in [2.05, 4.69) is 26.0 Å². The van der Waals surface area contributed by atoms with E-state index in [1.54, 1.807) is 13.0 Å². The zero-order valence-electron chi connectivity index (χ0n) is 28.7. The van der Waals surface area contributed by atoms with Crippen LogP contribution in [0.15, 0.2) is 73.0 Å². The second kappa shape index (κ2) is 16.0. The number of ether oxygens (including phenoxy) is 1. The van der Waals surface area contributed by atoms with E-state index < -0.39 is 73.2 Å². The number of thiazole rings is 1. The van der Waals surface area contributed by atoms with Crippen molar-refractivity contribution in [1.82, 2.24) is 30.8 Å². The van der Waals surface area contributed by atoms with Gasteiger partial charge in [0.15, 0.2) is 28.2 Å². The summed E-state index contributed by atoms with van der Waals surface area (Å²) < 4.78 is 30.2. The number of aromatic nitrogens is 1. The van der Waals surface area contributed by atoms with Crippen LogP contribution in [-0.4, -0.2) is 115 Å². The number of rotatable bonds is 11. The number of hydrazine groups is 2. The molecule has 7 N–H and O–H groups in total. The van der Waals surface area contributed by atoms with E-state index >= 15 is 0 Å². The number of β-lactam (4-membered cyclic amide) rings is 1. The number of carboxylic acids is 1. The Hall–Kier alpha value is -4.30. The summed E-state index contributed by atoms with van der Waals surface area (Å²) in [6.07, 6.45) is 2.50. The van der Waals surface area contributed by atoms with Crippen molar-refractivity contribution in [3.8, 4) is 11.5 Å². The van der Waals surface area contributed by atoms with Gasteiger partial charge in [0, 0.05) is 28.7 Å². The van der Waals surface area contributed by atoms with Crippen LogP contribution in [0.25, 0.3) is 0 Å². The average Bonchev–Trinajstić information content (AvgIpc) is 3.74. The van der Waals surface area contributed by atoms with Gasteiger partial charge in [0.2, 0.25) is 15.8 Å². The van der Waals surface area contributed by atoms with Crippen molar-refractivity contribution >= 4 is 85.1 Å². The fraction of sp³-hybridized carbons (Fsp3) is 0.250. The van der Waals surface area contributed by atoms with Crippen LogP contribution in [0.5, 0.6) is 11.5 Å². The summed E-state index contributed by atoms with van der Waals surface area (Å²) in [5.74, 6) is -4.57. The zero-order chi connectivity index (χ0) is 37.5. The van der Waals surface area contributed by atoms with Crippen LogP contribution in [0.1, 0.15) is 14.0 Å². The van der Waals surface area contributed by atoms with Crippen molar-refractivity contribution in [3.05, 3.63) is 63.7 Å². The number of hydrogen-bond donors (Lipinski definition) is 6. The number of nitrogens with two attached hydrogens (primary N) is 1. The molecule has 4 aliphatic heterocycles. The van der Waals surface area contributed by atoms with Crippen molar-refractivity contribution < 1.29 is 83.5 Å². The summed E-state index contributed by atoms with van der Waals surface area (Å²) in [5, 5.41) is 39.4. The van der Waals surface area contributed by atoms with Gasteiger partial charge in [0.25, 0.3) is 11.8 Å². The van der Waals surface area contributed by atoms with Crippen LogP contribution < -0.4 is 46.1 Å². The second-order valence-electron chi connectivity index (χ2n) is 10.9. The van der Waals surface area contributed by atoms with Crippen LogP contribution >= 0.6 is 34.9 Å². The Balaban J connectivity index is 0.00000325. The molecule has 53 heavy (non-hydrogen) atoms. The Bertz CT molecular complexity index is 2160. The fourth-order valence-electron chi connectivity index (χ4n) is 5.05. The van der Waals surface area contributed by atoms with E-state index in [0.29, 0.717) is 22.1 Å². The summed E-state index contributed by atoms with van der Waals surface area (Å²) in [4.78, 5) is 65.5. The zero-order valence-corrected chi connectivity index (χ0v) is 33.0. The van der Waals surface area contributed by atoms with Crippen molar-refractivity contribution in [2.45, 2.75) is 23.2 Å². The van der Waals surface area contributed by atoms with Gasteiger partial charge in [-0.05, 0) is 30.7 Å². The number of anilines is 1. The quantitative estimate of drug-likeness (QED) is 0.0461. The number of allylic oxidation sites excluding steroid dienone is 1. The SMILES string of the molecule is COC(=O)N1C=C2N=C(C)C=C(SCC3=C(C(=O)O)N4C(=O)[C@@H](NC(=O)/C(=N\OCS(=O)(=O)c5ccc(O)c(O)c5)c5csc(N)n5)[C@H]4SC3)N2N1.[H-].[Na+]. The van der Waals surface area contributed by atoms with Crippen molar-refractivity contribution in [3.63, 3.8) is 0 Å². The molecule has 2 atom stereocenters. The molecule has 25 heteroatoms. The molecule has 1 aromatic heterocycles. The molecular formula is C28H28N9NaO11S4. The number of oxime groups is 1. The number of carbonyl (C=O) groups is 4. The summed E-state index contributed by atoms with van der Waals surface area (Å²) in [5.41, 5.74) is 8.80. The molecule has 0 bridgehead atoms. The molecule has 3 amide bonds. The number of benzene rings is 1. The van der Waals surface area contributed by atoms with Crippen LogP contribution in [0, 0.1) is 0 Å². The Morgan fingerprint density at radius 3 is 2.68 bits per heavy atom. The third kappa shape index (κ3) is 8.13. The molecule has 0 radical (unpaired) electrons. The molecule has 20 nitrogen and oxygen atoms in total. The number of nitrogens with one attached hydrogen (secondary N) is 2. The number of carbonyl (C=O) groups excluding carboxylic acids is 3. The number of nitrogens with zero attached hydrogens (tertiary/aromatic N) is 6. The Kier molecular flexibility index (Phi) is 12.0. The van der Waals surface area contributed by atoms with Gasteiger partial charge in [-0.3, -0.25) is 14.5 Å². The fourth-order valence-corrected chi connectivity index (χ4v) is 9.04. The number of hydrogen-bond acceptors (Lipinski definition) is 19. The predicted molar refractivity (Wildman–Crippen MR) is 188 cm³/mol. The van der Waals surface area contributed by atoms with Crippen LogP contribution in [0.4, 0.5) is 9.93 Å². The number of phenols is 2. The number of aliphatic carboxylic acids is 1. The van der Waals surface area contributed by atoms with E-state index in [9.17, 15) is 42.9 Å². The molecule has 2 aromatic rings. The summed E-state index contributed by atoms with van der Waals surface area (Å²) >= 11 is 3.43. The van der Waals surface area contributed by atoms with E-state index in [-0.39, 0.29) is 59.0 Å². The molecule has 5 heterocycles. The number of methoxy groups -OCH3 is 1. The van der Waals surface area contributed by atoms with Gasteiger partial charge in [-0.15, -0.1) is 40.4 Å². The van der Waals surface area contributed by atoms with Gasteiger partial charge in [-0.2, -0.15) is 5.01 Å². The minimum absolute atomic E-state index is 0. The number of phenolic OH excluding ortho intramolecular Hbond substituents is 2. The standard InChI is InChI=1S/C28H27N9O11S4.Na.H/c1-12-5-19(37-18(30-12)7-35(34-37)28(44)47-2)49-8-13-9-50-25-21(24(41)36(25)22(13)26(42)43)32-23(40)20(15-10-51-27(29)31-15)33-48-11-52(45,46)14-3-4-16(38)17(39)6-14;;/h3-7,10,21,25,34,38-39H,8-9,11H2,1-2H3,(H2,29,31)(H,32,40)(H,42,43);;/q;+1;-1/b33-20-;;/t21-,25-;;/m1../s1. The smallest absolute Gasteiger partial charge is 1.00 e. The molecule has 276 valence electrons. The Morgan fingerprint density at radius 2 is 2.02 bits per heavy atom. The normalized spacial score (nSPS) is 19.6. The third-order valence-corrected chi connectivity index (χ3v) is 12.0. The maximum atomic E-state index is 13.5. The Labute approximate surface area is 336 Å². The number of sulfone groups is 1. The molecule has 1 fully saturated rings. The number of amides is 3. The van der Waals surface area contributed by atoms with E-state index in [0.717, 1.165) is 39.4 Å². The molecule has 0 unspecified atom stereocenters. The van der Waals surface area contributed by atoms with Crippen molar-refractivity contribution in [2.75, 3.05) is 30.3 Å². The van der Waals surface area contributed by atoms with Gasteiger partial charge in [0.05, 0.1) is 23.2 Å². The molecule has 6 rings (SSSR count). The topological polar surface area (TPSA) is 279 Å². The molecule has 0 spiro atoms. The van der Waals surface area contributed by atoms with Gasteiger partial charge in [-0.25, -0.2) is 33.0 Å². The Morgan fingerprint density at radius 1 is 1.26 bits per heavy atom. The summed E-state index contributed by atoms with van der Waals surface area (Å²) in [6, 6.07) is 1.64. The van der Waals surface area contributed by atoms with E-state index in [4.69, 9.17) is 15.3 Å². The minimum Gasteiger partial charge on any atom is -1.00 e. The number of aromatic hydroxyl groups is 2. The first kappa shape index (κ1) is 39.9. The molecule has 0 aliphatic carbocycles. The predicted octanol–water partition coefficient (Wildman–Crippen LogP) is -2.20. The number of aliphatic imine (C=N–C) groups is 1. The molecular weight excluding hydrogens is 790 g/mol. The largest absolute Gasteiger partial charge is 1.00 e. The number of carboxylic acid groups (broad SMARTS) is 1. The van der Waals surface area contributed by atoms with Crippen LogP contribution in [0.3, 0.4) is 0 Å². The first-order valence-corrected chi connectivity index (χ1v) is 19.2.